The van der Waals surface area contributed by atoms with Crippen molar-refractivity contribution in [2.45, 2.75) is 20.8 Å². The summed E-state index contributed by atoms with van der Waals surface area (Å²) >= 11 is 0. The third kappa shape index (κ3) is 3.44. The zero-order chi connectivity index (χ0) is 13.2. The Labute approximate surface area is 98.3 Å². The van der Waals surface area contributed by atoms with Gasteiger partial charge in [-0.1, -0.05) is 20.8 Å². The molecule has 0 rings (SSSR count). The molecule has 0 aromatic heterocycles. The normalized spacial score (nSPS) is 13.7. The van der Waals surface area contributed by atoms with Crippen LogP contribution in [-0.4, -0.2) is 53.3 Å². The molecular formula is C6H15AlO6S3. The summed E-state index contributed by atoms with van der Waals surface area (Å²) in [4.78, 5) is 0. The lowest BCUT2D eigenvalue weighted by Gasteiger charge is -2.09. The van der Waals surface area contributed by atoms with Gasteiger partial charge < -0.3 is 0 Å². The fourth-order valence-corrected chi connectivity index (χ4v) is 29.1. The van der Waals surface area contributed by atoms with E-state index in [1.807, 2.05) is 0 Å². The maximum Gasteiger partial charge on any atom is 0.784 e. The van der Waals surface area contributed by atoms with Gasteiger partial charge in [0.1, 0.15) is 24.6 Å². The van der Waals surface area contributed by atoms with E-state index in [9.17, 15) is 25.3 Å². The second-order valence-corrected chi connectivity index (χ2v) is 22.8. The smallest absolute Gasteiger partial charge is 0.249 e. The zero-order valence-electron chi connectivity index (χ0n) is 9.37. The van der Waals surface area contributed by atoms with Crippen molar-refractivity contribution in [2.75, 3.05) is 17.3 Å². The van der Waals surface area contributed by atoms with Crippen LogP contribution in [0.4, 0.5) is 0 Å². The van der Waals surface area contributed by atoms with Gasteiger partial charge in [0.15, 0.2) is 0 Å². The topological polar surface area (TPSA) is 102 Å². The van der Waals surface area contributed by atoms with Crippen LogP contribution in [0.25, 0.3) is 0 Å². The molecule has 0 aliphatic rings. The van der Waals surface area contributed by atoms with E-state index in [-0.39, 0.29) is 0 Å². The van der Waals surface area contributed by atoms with Crippen LogP contribution < -0.4 is 0 Å². The summed E-state index contributed by atoms with van der Waals surface area (Å²) in [5, 5.41) is 0. The molecule has 0 radical (unpaired) electrons. The summed E-state index contributed by atoms with van der Waals surface area (Å²) in [5.74, 6) is -1.37. The summed E-state index contributed by atoms with van der Waals surface area (Å²) in [7, 11) is -16.1. The molecule has 16 heavy (non-hydrogen) atoms. The maximum atomic E-state index is 11.6. The summed E-state index contributed by atoms with van der Waals surface area (Å²) in [5.41, 5.74) is 0. The first-order valence-electron chi connectivity index (χ1n) is 4.69. The Morgan fingerprint density at radius 1 is 0.625 bits per heavy atom. The first-order valence-corrected chi connectivity index (χ1v) is 14.1. The van der Waals surface area contributed by atoms with Crippen LogP contribution >= 0.6 is 0 Å². The number of hydrogen-bond acceptors (Lipinski definition) is 6. The molecule has 0 aromatic rings. The van der Waals surface area contributed by atoms with Gasteiger partial charge in [-0.3, -0.25) is 0 Å². The SMILES string of the molecule is CC[S](=O)(=O)[Al]([S](=O)(=O)CC)[S](=O)(=O)CC. The lowest BCUT2D eigenvalue weighted by Crippen LogP contribution is -2.45. The molecule has 0 saturated carbocycles. The van der Waals surface area contributed by atoms with Crippen molar-refractivity contribution in [3.8, 4) is 0 Å². The summed E-state index contributed by atoms with van der Waals surface area (Å²) in [6.07, 6.45) is 0. The van der Waals surface area contributed by atoms with Crippen molar-refractivity contribution in [1.29, 1.82) is 0 Å². The molecule has 0 spiro atoms. The molecule has 0 heterocycles. The van der Waals surface area contributed by atoms with Gasteiger partial charge in [-0.2, -0.15) is 0 Å². The molecule has 0 amide bonds. The van der Waals surface area contributed by atoms with Crippen molar-refractivity contribution < 1.29 is 25.3 Å². The van der Waals surface area contributed by atoms with E-state index >= 15 is 0 Å². The Bertz CT molecular complexity index is 448. The molecule has 0 N–H and O–H groups in total. The predicted octanol–water partition coefficient (Wildman–Crippen LogP) is -0.725. The van der Waals surface area contributed by atoms with Crippen LogP contribution in [0.15, 0.2) is 0 Å². The molecule has 0 aromatic carbocycles. The minimum atomic E-state index is -4.04. The van der Waals surface area contributed by atoms with Crippen molar-refractivity contribution >= 4 is 35.4 Å². The summed E-state index contributed by atoms with van der Waals surface area (Å²) in [6, 6.07) is 0. The Hall–Kier alpha value is 0.382. The van der Waals surface area contributed by atoms with Crippen LogP contribution in [0.5, 0.6) is 0 Å². The van der Waals surface area contributed by atoms with Crippen molar-refractivity contribution in [1.82, 2.24) is 0 Å². The lowest BCUT2D eigenvalue weighted by atomic mass is 11.0. The third-order valence-corrected chi connectivity index (χ3v) is 30.4. The van der Waals surface area contributed by atoms with Gasteiger partial charge >= 0.3 is 10.8 Å². The second-order valence-electron chi connectivity index (χ2n) is 3.14. The fourth-order valence-electron chi connectivity index (χ4n) is 1.08. The average Bonchev–Trinajstić information content (AvgIpc) is 2.16. The van der Waals surface area contributed by atoms with Gasteiger partial charge in [-0.05, 0) is 0 Å². The van der Waals surface area contributed by atoms with E-state index in [4.69, 9.17) is 0 Å². The highest BCUT2D eigenvalue weighted by Crippen LogP contribution is 2.15. The molecule has 10 heteroatoms. The Kier molecular flexibility index (Phi) is 5.48. The molecular weight excluding hydrogens is 291 g/mol. The van der Waals surface area contributed by atoms with Crippen LogP contribution in [0, 0.1) is 0 Å². The van der Waals surface area contributed by atoms with E-state index in [2.05, 4.69) is 0 Å². The average molecular weight is 306 g/mol. The highest BCUT2D eigenvalue weighted by Gasteiger charge is 2.59. The van der Waals surface area contributed by atoms with E-state index < -0.39 is 52.6 Å². The van der Waals surface area contributed by atoms with E-state index in [0.29, 0.717) is 0 Å². The Balaban J connectivity index is 6.03. The van der Waals surface area contributed by atoms with Crippen LogP contribution in [0.1, 0.15) is 20.8 Å². The van der Waals surface area contributed by atoms with E-state index in [1.165, 1.54) is 20.8 Å². The van der Waals surface area contributed by atoms with E-state index in [0.717, 1.165) is 0 Å². The highest BCUT2D eigenvalue weighted by molar-refractivity contribution is 8.69. The molecule has 6 nitrogen and oxygen atoms in total. The largest absolute Gasteiger partial charge is 0.784 e. The molecule has 0 fully saturated rings. The zero-order valence-corrected chi connectivity index (χ0v) is 13.0. The predicted molar refractivity (Wildman–Crippen MR) is 64.1 cm³/mol. The molecule has 0 saturated heterocycles. The Morgan fingerprint density at radius 2 is 0.812 bits per heavy atom. The van der Waals surface area contributed by atoms with Crippen LogP contribution in [0.2, 0.25) is 0 Å². The van der Waals surface area contributed by atoms with Crippen LogP contribution in [-0.2, 0) is 24.6 Å². The quantitative estimate of drug-likeness (QED) is 0.600. The van der Waals surface area contributed by atoms with Gasteiger partial charge in [0.25, 0.3) is 0 Å². The van der Waals surface area contributed by atoms with Crippen molar-refractivity contribution in [2.24, 2.45) is 0 Å². The van der Waals surface area contributed by atoms with Crippen molar-refractivity contribution in [3.05, 3.63) is 0 Å². The van der Waals surface area contributed by atoms with Crippen molar-refractivity contribution in [3.63, 3.8) is 0 Å². The summed E-state index contributed by atoms with van der Waals surface area (Å²) in [6.45, 7) is 3.77. The fraction of sp³-hybridized carbons (Fsp3) is 1.00. The minimum Gasteiger partial charge on any atom is -0.249 e. The monoisotopic (exact) mass is 306 g/mol. The molecule has 96 valence electrons. The number of rotatable bonds is 6. The number of hydrogen-bond donors (Lipinski definition) is 0. The Morgan fingerprint density at radius 3 is 0.938 bits per heavy atom. The molecule has 0 atom stereocenters. The molecule has 0 aliphatic carbocycles. The minimum absolute atomic E-state index is 0.456. The van der Waals surface area contributed by atoms with Gasteiger partial charge in [0, 0.05) is 17.3 Å². The van der Waals surface area contributed by atoms with Gasteiger partial charge in [-0.15, -0.1) is 0 Å². The van der Waals surface area contributed by atoms with Gasteiger partial charge in [-0.25, -0.2) is 25.3 Å². The third-order valence-electron chi connectivity index (χ3n) is 2.09. The van der Waals surface area contributed by atoms with E-state index in [1.54, 1.807) is 0 Å². The highest BCUT2D eigenvalue weighted by atomic mass is 32.7. The van der Waals surface area contributed by atoms with Gasteiger partial charge in [0.05, 0.1) is 0 Å². The lowest BCUT2D eigenvalue weighted by molar-refractivity contribution is 0.602. The molecule has 0 unspecified atom stereocenters. The first kappa shape index (κ1) is 16.4. The molecule has 0 aliphatic heterocycles. The first-order chi connectivity index (χ1) is 7.05. The second kappa shape index (κ2) is 5.35. The summed E-state index contributed by atoms with van der Waals surface area (Å²) < 4.78 is 69.7. The maximum absolute atomic E-state index is 11.6. The van der Waals surface area contributed by atoms with Gasteiger partial charge in [0.2, 0.25) is 0 Å². The molecule has 0 bridgehead atoms. The standard InChI is InChI=1S/3C2H5O2S.Al/c3*1-2-5(3)4;/h3*2H2,1H3;. The van der Waals surface area contributed by atoms with Crippen LogP contribution in [0.3, 0.4) is 0 Å².